The molecule has 1 N–H and O–H groups in total. The smallest absolute Gasteiger partial charge is 0.221 e. The number of ether oxygens (including phenoxy) is 1. The monoisotopic (exact) mass is 286 g/mol. The molecule has 0 atom stereocenters. The number of hydrogen-bond acceptors (Lipinski definition) is 3. The highest BCUT2D eigenvalue weighted by Crippen LogP contribution is 2.24. The maximum absolute atomic E-state index is 5.94. The van der Waals surface area contributed by atoms with Crippen LogP contribution in [0.1, 0.15) is 39.3 Å². The highest BCUT2D eigenvalue weighted by molar-refractivity contribution is 5.87. The summed E-state index contributed by atoms with van der Waals surface area (Å²) < 4.78 is 5.94. The van der Waals surface area contributed by atoms with Gasteiger partial charge < -0.3 is 10.1 Å². The minimum atomic E-state index is 0.644. The van der Waals surface area contributed by atoms with Crippen LogP contribution in [-0.2, 0) is 6.54 Å². The Morgan fingerprint density at radius 3 is 2.81 bits per heavy atom. The number of benzene rings is 1. The summed E-state index contributed by atoms with van der Waals surface area (Å²) in [6.07, 6.45) is 2.18. The molecule has 1 aromatic carbocycles. The van der Waals surface area contributed by atoms with E-state index in [1.165, 1.54) is 5.39 Å². The summed E-state index contributed by atoms with van der Waals surface area (Å²) >= 11 is 0. The molecule has 2 aromatic rings. The normalized spacial score (nSPS) is 11.2. The van der Waals surface area contributed by atoms with Crippen LogP contribution in [0.5, 0.6) is 5.88 Å². The fourth-order valence-electron chi connectivity index (χ4n) is 2.21. The number of nitrogens with one attached hydrogen (secondary N) is 1. The van der Waals surface area contributed by atoms with Gasteiger partial charge in [-0.1, -0.05) is 39.0 Å². The van der Waals surface area contributed by atoms with Crippen LogP contribution >= 0.6 is 0 Å². The Labute approximate surface area is 127 Å². The molecule has 114 valence electrons. The van der Waals surface area contributed by atoms with Crippen molar-refractivity contribution in [3.8, 4) is 5.88 Å². The maximum Gasteiger partial charge on any atom is 0.221 e. The van der Waals surface area contributed by atoms with E-state index in [0.29, 0.717) is 5.92 Å². The molecule has 3 nitrogen and oxygen atoms in total. The SMILES string of the molecule is CCCNCc1cc2ccccc2c(OCCC(C)C)n1. The molecule has 1 heterocycles. The lowest BCUT2D eigenvalue weighted by molar-refractivity contribution is 0.282. The van der Waals surface area contributed by atoms with Gasteiger partial charge in [0.25, 0.3) is 0 Å². The van der Waals surface area contributed by atoms with Crippen molar-refractivity contribution in [1.29, 1.82) is 0 Å². The average Bonchev–Trinajstić information content (AvgIpc) is 2.47. The van der Waals surface area contributed by atoms with Crippen LogP contribution in [0.25, 0.3) is 10.8 Å². The molecule has 0 saturated heterocycles. The predicted octanol–water partition coefficient (Wildman–Crippen LogP) is 4.16. The van der Waals surface area contributed by atoms with Crippen LogP contribution in [0.4, 0.5) is 0 Å². The molecule has 2 rings (SSSR count). The van der Waals surface area contributed by atoms with Crippen molar-refractivity contribution in [3.05, 3.63) is 36.0 Å². The number of fused-ring (bicyclic) bond motifs is 1. The topological polar surface area (TPSA) is 34.1 Å². The first kappa shape index (κ1) is 15.8. The van der Waals surface area contributed by atoms with Gasteiger partial charge in [-0.3, -0.25) is 0 Å². The molecule has 0 aliphatic carbocycles. The van der Waals surface area contributed by atoms with Crippen molar-refractivity contribution in [3.63, 3.8) is 0 Å². The highest BCUT2D eigenvalue weighted by Gasteiger charge is 2.07. The molecule has 0 amide bonds. The molecular weight excluding hydrogens is 260 g/mol. The summed E-state index contributed by atoms with van der Waals surface area (Å²) in [6.45, 7) is 9.11. The van der Waals surface area contributed by atoms with Gasteiger partial charge in [0.2, 0.25) is 5.88 Å². The first-order chi connectivity index (χ1) is 10.2. The summed E-state index contributed by atoms with van der Waals surface area (Å²) in [6, 6.07) is 10.4. The van der Waals surface area contributed by atoms with Crippen molar-refractivity contribution in [2.24, 2.45) is 5.92 Å². The van der Waals surface area contributed by atoms with Gasteiger partial charge in [0.15, 0.2) is 0 Å². The molecule has 0 aliphatic heterocycles. The van der Waals surface area contributed by atoms with E-state index in [0.717, 1.165) is 49.5 Å². The van der Waals surface area contributed by atoms with Crippen molar-refractivity contribution < 1.29 is 4.74 Å². The van der Waals surface area contributed by atoms with E-state index in [9.17, 15) is 0 Å². The Balaban J connectivity index is 2.18. The van der Waals surface area contributed by atoms with Crippen LogP contribution < -0.4 is 10.1 Å². The van der Waals surface area contributed by atoms with E-state index in [2.05, 4.69) is 55.3 Å². The Morgan fingerprint density at radius 1 is 1.24 bits per heavy atom. The summed E-state index contributed by atoms with van der Waals surface area (Å²) in [5, 5.41) is 5.69. The van der Waals surface area contributed by atoms with Crippen LogP contribution in [0.15, 0.2) is 30.3 Å². The van der Waals surface area contributed by atoms with E-state index in [1.807, 2.05) is 6.07 Å². The number of rotatable bonds is 8. The quantitative estimate of drug-likeness (QED) is 0.740. The molecule has 0 bridgehead atoms. The summed E-state index contributed by atoms with van der Waals surface area (Å²) in [7, 11) is 0. The van der Waals surface area contributed by atoms with Crippen molar-refractivity contribution >= 4 is 10.8 Å². The van der Waals surface area contributed by atoms with Gasteiger partial charge in [-0.05, 0) is 42.8 Å². The van der Waals surface area contributed by atoms with Crippen LogP contribution in [-0.4, -0.2) is 18.1 Å². The Hall–Kier alpha value is -1.61. The lowest BCUT2D eigenvalue weighted by atomic mass is 10.1. The first-order valence-corrected chi connectivity index (χ1v) is 7.93. The third-order valence-electron chi connectivity index (χ3n) is 3.43. The minimum Gasteiger partial charge on any atom is -0.477 e. The summed E-state index contributed by atoms with van der Waals surface area (Å²) in [4.78, 5) is 4.68. The van der Waals surface area contributed by atoms with Crippen molar-refractivity contribution in [2.45, 2.75) is 40.2 Å². The zero-order chi connectivity index (χ0) is 15.1. The fourth-order valence-corrected chi connectivity index (χ4v) is 2.21. The third kappa shape index (κ3) is 4.71. The van der Waals surface area contributed by atoms with E-state index in [1.54, 1.807) is 0 Å². The number of pyridine rings is 1. The standard InChI is InChI=1S/C18H26N2O/c1-4-10-19-13-16-12-15-7-5-6-8-17(15)18(20-16)21-11-9-14(2)3/h5-8,12,14,19H,4,9-11,13H2,1-3H3. The average molecular weight is 286 g/mol. The second-order valence-corrected chi connectivity index (χ2v) is 5.85. The van der Waals surface area contributed by atoms with Gasteiger partial charge in [-0.15, -0.1) is 0 Å². The van der Waals surface area contributed by atoms with E-state index < -0.39 is 0 Å². The molecule has 0 radical (unpaired) electrons. The molecule has 0 spiro atoms. The molecule has 3 heteroatoms. The lowest BCUT2D eigenvalue weighted by Crippen LogP contribution is -2.15. The number of nitrogens with zero attached hydrogens (tertiary/aromatic N) is 1. The maximum atomic E-state index is 5.94. The van der Waals surface area contributed by atoms with Crippen molar-refractivity contribution in [2.75, 3.05) is 13.2 Å². The van der Waals surface area contributed by atoms with Gasteiger partial charge in [0.05, 0.1) is 12.3 Å². The Bertz CT molecular complexity index is 566. The van der Waals surface area contributed by atoms with Crippen LogP contribution in [0, 0.1) is 5.92 Å². The Morgan fingerprint density at radius 2 is 2.05 bits per heavy atom. The number of aromatic nitrogens is 1. The molecular formula is C18H26N2O. The highest BCUT2D eigenvalue weighted by atomic mass is 16.5. The van der Waals surface area contributed by atoms with Gasteiger partial charge in [0, 0.05) is 11.9 Å². The largest absolute Gasteiger partial charge is 0.477 e. The first-order valence-electron chi connectivity index (χ1n) is 7.93. The second-order valence-electron chi connectivity index (χ2n) is 5.85. The summed E-state index contributed by atoms with van der Waals surface area (Å²) in [5.41, 5.74) is 1.04. The zero-order valence-electron chi connectivity index (χ0n) is 13.4. The molecule has 0 fully saturated rings. The molecule has 0 aliphatic rings. The van der Waals surface area contributed by atoms with Gasteiger partial charge >= 0.3 is 0 Å². The molecule has 0 unspecified atom stereocenters. The minimum absolute atomic E-state index is 0.644. The second kappa shape index (κ2) is 7.99. The van der Waals surface area contributed by atoms with E-state index >= 15 is 0 Å². The fraction of sp³-hybridized carbons (Fsp3) is 0.500. The molecule has 21 heavy (non-hydrogen) atoms. The van der Waals surface area contributed by atoms with Crippen LogP contribution in [0.2, 0.25) is 0 Å². The van der Waals surface area contributed by atoms with Crippen molar-refractivity contribution in [1.82, 2.24) is 10.3 Å². The van der Waals surface area contributed by atoms with Gasteiger partial charge in [0.1, 0.15) is 0 Å². The van der Waals surface area contributed by atoms with Crippen LogP contribution in [0.3, 0.4) is 0 Å². The Kier molecular flexibility index (Phi) is 6.00. The number of hydrogen-bond donors (Lipinski definition) is 1. The predicted molar refractivity (Wildman–Crippen MR) is 88.7 cm³/mol. The lowest BCUT2D eigenvalue weighted by Gasteiger charge is -2.12. The molecule has 0 saturated carbocycles. The third-order valence-corrected chi connectivity index (χ3v) is 3.43. The zero-order valence-corrected chi connectivity index (χ0v) is 13.4. The van der Waals surface area contributed by atoms with Gasteiger partial charge in [-0.2, -0.15) is 0 Å². The van der Waals surface area contributed by atoms with E-state index in [-0.39, 0.29) is 0 Å². The summed E-state index contributed by atoms with van der Waals surface area (Å²) in [5.74, 6) is 1.41. The van der Waals surface area contributed by atoms with E-state index in [4.69, 9.17) is 4.74 Å². The molecule has 1 aromatic heterocycles. The van der Waals surface area contributed by atoms with Gasteiger partial charge in [-0.25, -0.2) is 4.98 Å².